The molecule has 0 radical (unpaired) electrons. The van der Waals surface area contributed by atoms with Gasteiger partial charge in [0.25, 0.3) is 0 Å². The van der Waals surface area contributed by atoms with Crippen LogP contribution in [0.5, 0.6) is 0 Å². The van der Waals surface area contributed by atoms with Gasteiger partial charge in [0.2, 0.25) is 5.91 Å². The minimum atomic E-state index is -0.502. The van der Waals surface area contributed by atoms with Gasteiger partial charge in [-0.3, -0.25) is 4.79 Å². The molecule has 0 spiro atoms. The van der Waals surface area contributed by atoms with E-state index in [4.69, 9.17) is 5.73 Å². The van der Waals surface area contributed by atoms with Gasteiger partial charge in [0, 0.05) is 0 Å². The Morgan fingerprint density at radius 2 is 1.89 bits per heavy atom. The maximum Gasteiger partial charge on any atom is 0.237 e. The summed E-state index contributed by atoms with van der Waals surface area (Å²) in [7, 11) is 0. The van der Waals surface area contributed by atoms with E-state index >= 15 is 0 Å². The number of hydrogen-bond donors (Lipinski definition) is 2. The lowest BCUT2D eigenvalue weighted by Crippen LogP contribution is -2.56. The zero-order valence-electron chi connectivity index (χ0n) is 11.4. The van der Waals surface area contributed by atoms with Gasteiger partial charge in [-0.2, -0.15) is 0 Å². The molecule has 4 heteroatoms. The van der Waals surface area contributed by atoms with Crippen molar-refractivity contribution < 1.29 is 9.18 Å². The van der Waals surface area contributed by atoms with E-state index in [1.54, 1.807) is 12.1 Å². The van der Waals surface area contributed by atoms with Gasteiger partial charge < -0.3 is 11.1 Å². The molecule has 19 heavy (non-hydrogen) atoms. The number of carbonyl (C=O) groups excluding carboxylic acids is 1. The Labute approximate surface area is 113 Å². The SMILES string of the molecule is CC(C)C(N)C(=O)NC1(c2ccc(F)cc2)CCC1. The van der Waals surface area contributed by atoms with Crippen LogP contribution >= 0.6 is 0 Å². The summed E-state index contributed by atoms with van der Waals surface area (Å²) in [5.41, 5.74) is 6.49. The minimum absolute atomic E-state index is 0.102. The third-order valence-corrected chi connectivity index (χ3v) is 3.99. The number of carbonyl (C=O) groups is 1. The molecule has 2 rings (SSSR count). The summed E-state index contributed by atoms with van der Waals surface area (Å²) in [5.74, 6) is -0.284. The second-order valence-corrected chi connectivity index (χ2v) is 5.70. The van der Waals surface area contributed by atoms with E-state index in [2.05, 4.69) is 5.32 Å². The maximum atomic E-state index is 13.0. The number of rotatable bonds is 4. The van der Waals surface area contributed by atoms with Crippen molar-refractivity contribution in [2.75, 3.05) is 0 Å². The van der Waals surface area contributed by atoms with Gasteiger partial charge in [-0.05, 0) is 42.9 Å². The van der Waals surface area contributed by atoms with Crippen LogP contribution in [0.15, 0.2) is 24.3 Å². The van der Waals surface area contributed by atoms with Crippen molar-refractivity contribution in [3.63, 3.8) is 0 Å². The smallest absolute Gasteiger partial charge is 0.237 e. The zero-order chi connectivity index (χ0) is 14.0. The third kappa shape index (κ3) is 2.78. The third-order valence-electron chi connectivity index (χ3n) is 3.99. The van der Waals surface area contributed by atoms with E-state index in [0.29, 0.717) is 0 Å². The van der Waals surface area contributed by atoms with Crippen LogP contribution in [0.4, 0.5) is 4.39 Å². The van der Waals surface area contributed by atoms with Gasteiger partial charge in [0.1, 0.15) is 5.82 Å². The number of amides is 1. The van der Waals surface area contributed by atoms with Crippen molar-refractivity contribution in [1.82, 2.24) is 5.32 Å². The van der Waals surface area contributed by atoms with Crippen LogP contribution < -0.4 is 11.1 Å². The zero-order valence-corrected chi connectivity index (χ0v) is 11.4. The Morgan fingerprint density at radius 1 is 1.32 bits per heavy atom. The van der Waals surface area contributed by atoms with Crippen LogP contribution in [-0.4, -0.2) is 11.9 Å². The Hall–Kier alpha value is -1.42. The van der Waals surface area contributed by atoms with E-state index in [-0.39, 0.29) is 23.2 Å². The highest BCUT2D eigenvalue weighted by Crippen LogP contribution is 2.41. The molecule has 0 bridgehead atoms. The van der Waals surface area contributed by atoms with Crippen molar-refractivity contribution in [2.45, 2.75) is 44.7 Å². The Bertz CT molecular complexity index is 452. The fourth-order valence-electron chi connectivity index (χ4n) is 2.41. The molecule has 1 atom stereocenters. The molecule has 3 N–H and O–H groups in total. The Morgan fingerprint density at radius 3 is 2.32 bits per heavy atom. The summed E-state index contributed by atoms with van der Waals surface area (Å²) in [6.07, 6.45) is 2.83. The first-order chi connectivity index (χ1) is 8.94. The van der Waals surface area contributed by atoms with Gasteiger partial charge in [-0.15, -0.1) is 0 Å². The quantitative estimate of drug-likeness (QED) is 0.876. The van der Waals surface area contributed by atoms with Crippen LogP contribution in [-0.2, 0) is 10.3 Å². The molecule has 1 amide bonds. The molecule has 1 aromatic carbocycles. The predicted molar refractivity (Wildman–Crippen MR) is 72.9 cm³/mol. The minimum Gasteiger partial charge on any atom is -0.345 e. The highest BCUT2D eigenvalue weighted by Gasteiger charge is 2.41. The number of nitrogens with two attached hydrogens (primary N) is 1. The molecule has 1 aliphatic carbocycles. The van der Waals surface area contributed by atoms with Crippen LogP contribution in [0.1, 0.15) is 38.7 Å². The molecule has 1 unspecified atom stereocenters. The fourth-order valence-corrected chi connectivity index (χ4v) is 2.41. The topological polar surface area (TPSA) is 55.1 Å². The first-order valence-electron chi connectivity index (χ1n) is 6.78. The molecular formula is C15H21FN2O. The largest absolute Gasteiger partial charge is 0.345 e. The molecule has 1 aliphatic rings. The van der Waals surface area contributed by atoms with Crippen molar-refractivity contribution in [1.29, 1.82) is 0 Å². The summed E-state index contributed by atoms with van der Waals surface area (Å²) in [4.78, 5) is 12.1. The van der Waals surface area contributed by atoms with Crippen LogP contribution in [0.2, 0.25) is 0 Å². The summed E-state index contributed by atoms with van der Waals surface area (Å²) < 4.78 is 13.0. The average molecular weight is 264 g/mol. The lowest BCUT2D eigenvalue weighted by atomic mass is 9.71. The molecule has 0 aromatic heterocycles. The van der Waals surface area contributed by atoms with E-state index in [9.17, 15) is 9.18 Å². The van der Waals surface area contributed by atoms with Crippen molar-refractivity contribution in [3.8, 4) is 0 Å². The standard InChI is InChI=1S/C15H21FN2O/c1-10(2)13(17)14(19)18-15(8-3-9-15)11-4-6-12(16)7-5-11/h4-7,10,13H,3,8-9,17H2,1-2H3,(H,18,19). The van der Waals surface area contributed by atoms with Crippen molar-refractivity contribution >= 4 is 5.91 Å². The first-order valence-corrected chi connectivity index (χ1v) is 6.78. The van der Waals surface area contributed by atoms with E-state index in [1.165, 1.54) is 12.1 Å². The molecule has 0 heterocycles. The Kier molecular flexibility index (Phi) is 3.90. The summed E-state index contributed by atoms with van der Waals surface area (Å²) >= 11 is 0. The summed E-state index contributed by atoms with van der Waals surface area (Å²) in [6.45, 7) is 3.85. The van der Waals surface area contributed by atoms with Crippen LogP contribution in [0.3, 0.4) is 0 Å². The van der Waals surface area contributed by atoms with Gasteiger partial charge in [-0.25, -0.2) is 4.39 Å². The molecule has 0 aliphatic heterocycles. The second kappa shape index (κ2) is 5.29. The van der Waals surface area contributed by atoms with E-state index in [1.807, 2.05) is 13.8 Å². The summed E-state index contributed by atoms with van der Waals surface area (Å²) in [5, 5.41) is 3.06. The molecule has 1 saturated carbocycles. The van der Waals surface area contributed by atoms with E-state index in [0.717, 1.165) is 24.8 Å². The lowest BCUT2D eigenvalue weighted by molar-refractivity contribution is -0.126. The maximum absolute atomic E-state index is 13.0. The first kappa shape index (κ1) is 14.0. The predicted octanol–water partition coefficient (Wildman–Crippen LogP) is 2.30. The number of hydrogen-bond acceptors (Lipinski definition) is 2. The average Bonchev–Trinajstić information content (AvgIpc) is 2.33. The fraction of sp³-hybridized carbons (Fsp3) is 0.533. The molecule has 1 fully saturated rings. The van der Waals surface area contributed by atoms with Crippen LogP contribution in [0, 0.1) is 11.7 Å². The highest BCUT2D eigenvalue weighted by atomic mass is 19.1. The number of nitrogens with one attached hydrogen (secondary N) is 1. The second-order valence-electron chi connectivity index (χ2n) is 5.70. The summed E-state index contributed by atoms with van der Waals surface area (Å²) in [6, 6.07) is 5.86. The molecule has 3 nitrogen and oxygen atoms in total. The van der Waals surface area contributed by atoms with Crippen LogP contribution in [0.25, 0.3) is 0 Å². The monoisotopic (exact) mass is 264 g/mol. The normalized spacial score (nSPS) is 18.8. The lowest BCUT2D eigenvalue weighted by Gasteiger charge is -2.44. The van der Waals surface area contributed by atoms with Gasteiger partial charge in [-0.1, -0.05) is 26.0 Å². The van der Waals surface area contributed by atoms with Gasteiger partial charge >= 0.3 is 0 Å². The van der Waals surface area contributed by atoms with Crippen molar-refractivity contribution in [2.24, 2.45) is 11.7 Å². The molecule has 1 aromatic rings. The van der Waals surface area contributed by atoms with Gasteiger partial charge in [0.05, 0.1) is 11.6 Å². The van der Waals surface area contributed by atoms with Gasteiger partial charge in [0.15, 0.2) is 0 Å². The number of halogens is 1. The van der Waals surface area contributed by atoms with E-state index < -0.39 is 6.04 Å². The molecule has 104 valence electrons. The van der Waals surface area contributed by atoms with Crippen molar-refractivity contribution in [3.05, 3.63) is 35.6 Å². The molecule has 0 saturated heterocycles. The highest BCUT2D eigenvalue weighted by molar-refractivity contribution is 5.82. The number of benzene rings is 1. The Balaban J connectivity index is 2.15. The molecular weight excluding hydrogens is 243 g/mol.